The summed E-state index contributed by atoms with van der Waals surface area (Å²) in [7, 11) is 0. The topological polar surface area (TPSA) is 145 Å². The van der Waals surface area contributed by atoms with Gasteiger partial charge in [-0.2, -0.15) is 0 Å². The number of rotatable bonds is 8. The average Bonchev–Trinajstić information content (AvgIpc) is 2.33. The van der Waals surface area contributed by atoms with Crippen molar-refractivity contribution in [3.05, 3.63) is 0 Å². The van der Waals surface area contributed by atoms with E-state index in [0.717, 1.165) is 0 Å². The summed E-state index contributed by atoms with van der Waals surface area (Å²) in [6.07, 6.45) is -0.753. The van der Waals surface area contributed by atoms with E-state index in [1.165, 1.54) is 6.92 Å². The maximum atomic E-state index is 11.6. The molecular weight excluding hydrogens is 282 g/mol. The second-order valence-electron chi connectivity index (χ2n) is 4.97. The molecule has 0 saturated heterocycles. The molecular formula is C12H21N3O6. The lowest BCUT2D eigenvalue weighted by atomic mass is 10.2. The molecule has 0 rings (SSSR count). The van der Waals surface area contributed by atoms with Gasteiger partial charge in [-0.15, -0.1) is 0 Å². The summed E-state index contributed by atoms with van der Waals surface area (Å²) < 4.78 is 0. The highest BCUT2D eigenvalue weighted by atomic mass is 16.4. The first kappa shape index (κ1) is 18.7. The molecule has 0 aliphatic rings. The Morgan fingerprint density at radius 2 is 1.57 bits per heavy atom. The third-order valence-electron chi connectivity index (χ3n) is 2.41. The molecule has 0 saturated carbocycles. The molecule has 21 heavy (non-hydrogen) atoms. The zero-order valence-corrected chi connectivity index (χ0v) is 12.2. The lowest BCUT2D eigenvalue weighted by Gasteiger charge is -2.17. The Labute approximate surface area is 122 Å². The number of amides is 3. The molecule has 0 spiro atoms. The van der Waals surface area contributed by atoms with Crippen LogP contribution in [0.2, 0.25) is 0 Å². The summed E-state index contributed by atoms with van der Waals surface area (Å²) >= 11 is 0. The van der Waals surface area contributed by atoms with Crippen molar-refractivity contribution in [2.45, 2.75) is 39.3 Å². The molecule has 2 atom stereocenters. The highest BCUT2D eigenvalue weighted by molar-refractivity contribution is 5.89. The van der Waals surface area contributed by atoms with Crippen LogP contribution in [0.3, 0.4) is 0 Å². The van der Waals surface area contributed by atoms with Gasteiger partial charge in [-0.25, -0.2) is 9.59 Å². The van der Waals surface area contributed by atoms with Gasteiger partial charge in [0.1, 0.15) is 12.1 Å². The van der Waals surface area contributed by atoms with Crippen LogP contribution >= 0.6 is 0 Å². The van der Waals surface area contributed by atoms with E-state index in [9.17, 15) is 19.2 Å². The summed E-state index contributed by atoms with van der Waals surface area (Å²) in [6.45, 7) is 5.70. The van der Waals surface area contributed by atoms with Gasteiger partial charge in [0.05, 0.1) is 6.42 Å². The molecule has 0 aromatic rings. The van der Waals surface area contributed by atoms with E-state index in [4.69, 9.17) is 10.2 Å². The molecule has 3 amide bonds. The van der Waals surface area contributed by atoms with E-state index in [-0.39, 0.29) is 5.92 Å². The number of hydrogen-bond acceptors (Lipinski definition) is 4. The van der Waals surface area contributed by atoms with E-state index in [2.05, 4.69) is 10.6 Å². The number of carbonyl (C=O) groups excluding carboxylic acids is 2. The van der Waals surface area contributed by atoms with Crippen LogP contribution in [-0.2, 0) is 14.4 Å². The Bertz CT molecular complexity index is 410. The first-order valence-corrected chi connectivity index (χ1v) is 6.42. The van der Waals surface area contributed by atoms with Crippen molar-refractivity contribution in [1.29, 1.82) is 0 Å². The molecule has 9 nitrogen and oxygen atoms in total. The van der Waals surface area contributed by atoms with Crippen molar-refractivity contribution in [3.63, 3.8) is 0 Å². The van der Waals surface area contributed by atoms with Crippen LogP contribution in [0.5, 0.6) is 0 Å². The number of aliphatic carboxylic acids is 2. The number of hydrogen-bond donors (Lipinski definition) is 5. The van der Waals surface area contributed by atoms with Gasteiger partial charge in [0.2, 0.25) is 5.91 Å². The number of urea groups is 1. The Hall–Kier alpha value is -2.32. The first-order chi connectivity index (χ1) is 9.63. The van der Waals surface area contributed by atoms with Crippen LogP contribution in [0, 0.1) is 5.92 Å². The van der Waals surface area contributed by atoms with E-state index >= 15 is 0 Å². The second kappa shape index (κ2) is 8.77. The molecule has 0 heterocycles. The minimum absolute atomic E-state index is 0.252. The summed E-state index contributed by atoms with van der Waals surface area (Å²) in [6, 6.07) is -3.35. The van der Waals surface area contributed by atoms with Gasteiger partial charge >= 0.3 is 18.0 Å². The van der Waals surface area contributed by atoms with E-state index in [1.807, 2.05) is 19.2 Å². The second-order valence-corrected chi connectivity index (χ2v) is 4.97. The molecule has 0 aromatic heterocycles. The van der Waals surface area contributed by atoms with Crippen LogP contribution in [0.15, 0.2) is 0 Å². The van der Waals surface area contributed by atoms with Crippen molar-refractivity contribution < 1.29 is 29.4 Å². The predicted molar refractivity (Wildman–Crippen MR) is 72.7 cm³/mol. The maximum absolute atomic E-state index is 11.6. The molecule has 120 valence electrons. The van der Waals surface area contributed by atoms with Gasteiger partial charge in [-0.3, -0.25) is 9.59 Å². The molecule has 0 aromatic carbocycles. The normalized spacial score (nSPS) is 13.1. The fraction of sp³-hybridized carbons (Fsp3) is 0.667. The Morgan fingerprint density at radius 1 is 1.00 bits per heavy atom. The Balaban J connectivity index is 4.36. The van der Waals surface area contributed by atoms with E-state index in [1.54, 1.807) is 0 Å². The zero-order valence-electron chi connectivity index (χ0n) is 12.2. The molecule has 0 fully saturated rings. The smallest absolute Gasteiger partial charge is 0.326 e. The molecule has 0 bridgehead atoms. The first-order valence-electron chi connectivity index (χ1n) is 6.42. The lowest BCUT2D eigenvalue weighted by molar-refractivity contribution is -0.145. The van der Waals surface area contributed by atoms with Gasteiger partial charge in [0.25, 0.3) is 0 Å². The molecule has 0 aliphatic carbocycles. The minimum atomic E-state index is -1.56. The largest absolute Gasteiger partial charge is 0.481 e. The number of carboxylic acids is 2. The van der Waals surface area contributed by atoms with E-state index in [0.29, 0.717) is 6.54 Å². The minimum Gasteiger partial charge on any atom is -0.481 e. The number of nitrogens with one attached hydrogen (secondary N) is 3. The quantitative estimate of drug-likeness (QED) is 0.404. The van der Waals surface area contributed by atoms with Crippen molar-refractivity contribution in [1.82, 2.24) is 16.0 Å². The van der Waals surface area contributed by atoms with Crippen molar-refractivity contribution >= 4 is 23.9 Å². The van der Waals surface area contributed by atoms with E-state index < -0.39 is 42.4 Å². The number of carbonyl (C=O) groups is 4. The monoisotopic (exact) mass is 303 g/mol. The fourth-order valence-electron chi connectivity index (χ4n) is 1.29. The summed E-state index contributed by atoms with van der Waals surface area (Å²) in [5.74, 6) is -2.99. The van der Waals surface area contributed by atoms with Crippen LogP contribution in [0.1, 0.15) is 27.2 Å². The summed E-state index contributed by atoms with van der Waals surface area (Å²) in [5.41, 5.74) is 0. The van der Waals surface area contributed by atoms with Gasteiger partial charge in [-0.05, 0) is 12.8 Å². The SMILES string of the molecule is CC(C)CNC(=O)C(C)NC(=O)N[C@H](CC(=O)O)C(=O)O. The standard InChI is InChI=1S/C12H21N3O6/c1-6(2)5-13-10(18)7(3)14-12(21)15-8(11(19)20)4-9(16)17/h6-8H,4-5H2,1-3H3,(H,13,18)(H,16,17)(H,19,20)(H2,14,15,21)/t7?,8-/m1/s1. The molecule has 1 unspecified atom stereocenters. The van der Waals surface area contributed by atoms with Crippen LogP contribution in [-0.4, -0.2) is 52.7 Å². The van der Waals surface area contributed by atoms with Crippen LogP contribution < -0.4 is 16.0 Å². The van der Waals surface area contributed by atoms with Crippen molar-refractivity contribution in [3.8, 4) is 0 Å². The van der Waals surface area contributed by atoms with Crippen molar-refractivity contribution in [2.75, 3.05) is 6.54 Å². The van der Waals surface area contributed by atoms with Crippen LogP contribution in [0.25, 0.3) is 0 Å². The lowest BCUT2D eigenvalue weighted by Crippen LogP contribution is -2.52. The van der Waals surface area contributed by atoms with Gasteiger partial charge in [0.15, 0.2) is 0 Å². The Kier molecular flexibility index (Phi) is 7.80. The molecule has 5 N–H and O–H groups in total. The third-order valence-corrected chi connectivity index (χ3v) is 2.41. The average molecular weight is 303 g/mol. The predicted octanol–water partition coefficient (Wildman–Crippen LogP) is -0.626. The molecule has 0 aliphatic heterocycles. The fourth-order valence-corrected chi connectivity index (χ4v) is 1.29. The third kappa shape index (κ3) is 8.45. The highest BCUT2D eigenvalue weighted by Crippen LogP contribution is 1.94. The maximum Gasteiger partial charge on any atom is 0.326 e. The van der Waals surface area contributed by atoms with Gasteiger partial charge < -0.3 is 26.2 Å². The van der Waals surface area contributed by atoms with Gasteiger partial charge in [-0.1, -0.05) is 13.8 Å². The van der Waals surface area contributed by atoms with Gasteiger partial charge in [0, 0.05) is 6.54 Å². The highest BCUT2D eigenvalue weighted by Gasteiger charge is 2.24. The van der Waals surface area contributed by atoms with Crippen molar-refractivity contribution in [2.24, 2.45) is 5.92 Å². The molecule has 9 heteroatoms. The van der Waals surface area contributed by atoms with Crippen LogP contribution in [0.4, 0.5) is 4.79 Å². The summed E-state index contributed by atoms with van der Waals surface area (Å²) in [5, 5.41) is 24.1. The zero-order chi connectivity index (χ0) is 16.6. The number of carboxylic acid groups (broad SMARTS) is 2. The Morgan fingerprint density at radius 3 is 2.00 bits per heavy atom. The summed E-state index contributed by atoms with van der Waals surface area (Å²) in [4.78, 5) is 44.4. The molecule has 0 radical (unpaired) electrons.